The summed E-state index contributed by atoms with van der Waals surface area (Å²) in [6.45, 7) is 18.9. The highest BCUT2D eigenvalue weighted by molar-refractivity contribution is 5.66. The average molecular weight is 353 g/mol. The first-order chi connectivity index (χ1) is 12.0. The second-order valence-electron chi connectivity index (χ2n) is 7.98. The van der Waals surface area contributed by atoms with Gasteiger partial charge in [-0.2, -0.15) is 0 Å². The fourth-order valence-corrected chi connectivity index (χ4v) is 2.84. The molecule has 0 atom stereocenters. The Morgan fingerprint density at radius 3 is 1.54 bits per heavy atom. The smallest absolute Gasteiger partial charge is 0.0355 e. The van der Waals surface area contributed by atoms with Gasteiger partial charge in [0.05, 0.1) is 0 Å². The van der Waals surface area contributed by atoms with Crippen molar-refractivity contribution in [2.45, 2.75) is 66.2 Å². The summed E-state index contributed by atoms with van der Waals surface area (Å²) in [5, 5.41) is 0. The van der Waals surface area contributed by atoms with Crippen molar-refractivity contribution in [1.29, 1.82) is 0 Å². The van der Waals surface area contributed by atoms with Crippen molar-refractivity contribution in [3.8, 4) is 0 Å². The second kappa shape index (κ2) is 9.47. The number of nitrogens with two attached hydrogens (primary N) is 2. The normalized spacial score (nSPS) is 10.8. The van der Waals surface area contributed by atoms with Crippen LogP contribution >= 0.6 is 0 Å². The lowest BCUT2D eigenvalue weighted by Crippen LogP contribution is -1.98. The minimum absolute atomic E-state index is 0.485. The maximum Gasteiger partial charge on any atom is 0.0355 e. The number of nitrogen functional groups attached to an aromatic ring is 2. The Bertz CT molecular complexity index is 740. The first-order valence-electron chi connectivity index (χ1n) is 9.49. The summed E-state index contributed by atoms with van der Waals surface area (Å²) in [5.74, 6) is 1.56. The van der Waals surface area contributed by atoms with E-state index in [4.69, 9.17) is 11.5 Å². The first-order valence-corrected chi connectivity index (χ1v) is 9.49. The van der Waals surface area contributed by atoms with Crippen LogP contribution in [0.3, 0.4) is 0 Å². The van der Waals surface area contributed by atoms with Gasteiger partial charge in [0.2, 0.25) is 0 Å². The van der Waals surface area contributed by atoms with Crippen LogP contribution < -0.4 is 11.5 Å². The summed E-state index contributed by atoms with van der Waals surface area (Å²) < 4.78 is 0. The van der Waals surface area contributed by atoms with Gasteiger partial charge in [-0.15, -0.1) is 0 Å². The zero-order chi connectivity index (χ0) is 20.0. The van der Waals surface area contributed by atoms with Crippen molar-refractivity contribution in [1.82, 2.24) is 0 Å². The molecule has 2 aromatic rings. The van der Waals surface area contributed by atoms with Crippen molar-refractivity contribution in [2.75, 3.05) is 11.5 Å². The van der Waals surface area contributed by atoms with E-state index >= 15 is 0 Å². The lowest BCUT2D eigenvalue weighted by Gasteiger charge is -2.12. The van der Waals surface area contributed by atoms with E-state index in [2.05, 4.69) is 78.5 Å². The van der Waals surface area contributed by atoms with Crippen LogP contribution in [0.25, 0.3) is 5.57 Å². The Morgan fingerprint density at radius 2 is 1.19 bits per heavy atom. The molecule has 0 radical (unpaired) electrons. The summed E-state index contributed by atoms with van der Waals surface area (Å²) in [6, 6.07) is 12.6. The van der Waals surface area contributed by atoms with E-state index in [0.29, 0.717) is 17.8 Å². The van der Waals surface area contributed by atoms with Crippen LogP contribution in [-0.4, -0.2) is 0 Å². The van der Waals surface area contributed by atoms with E-state index in [-0.39, 0.29) is 0 Å². The molecule has 2 aromatic carbocycles. The molecule has 4 N–H and O–H groups in total. The van der Waals surface area contributed by atoms with Gasteiger partial charge in [0.25, 0.3) is 0 Å². The fourth-order valence-electron chi connectivity index (χ4n) is 2.84. The third kappa shape index (κ3) is 5.94. The SMILES string of the molecule is C=C(C)c1ccc(C(C)C)c(N)c1.CC(C)c1ccc(C(C)C)c(N)c1. The molecule has 0 spiro atoms. The Morgan fingerprint density at radius 1 is 0.731 bits per heavy atom. The molecular formula is C24H36N2. The average Bonchev–Trinajstić information content (AvgIpc) is 2.54. The number of anilines is 2. The molecule has 0 bridgehead atoms. The largest absolute Gasteiger partial charge is 0.398 e. The van der Waals surface area contributed by atoms with Gasteiger partial charge < -0.3 is 11.5 Å². The lowest BCUT2D eigenvalue weighted by molar-refractivity contribution is 0.848. The molecule has 0 heterocycles. The van der Waals surface area contributed by atoms with Gasteiger partial charge in [-0.25, -0.2) is 0 Å². The van der Waals surface area contributed by atoms with Gasteiger partial charge in [0.15, 0.2) is 0 Å². The van der Waals surface area contributed by atoms with E-state index in [9.17, 15) is 0 Å². The standard InChI is InChI=1S/C12H19N.C12H17N/c2*1-8(2)10-5-6-11(9(3)4)12(13)7-10/h5-9H,13H2,1-4H3;5-7,9H,1,13H2,2-4H3. The summed E-state index contributed by atoms with van der Waals surface area (Å²) in [4.78, 5) is 0. The predicted octanol–water partition coefficient (Wildman–Crippen LogP) is 6.94. The van der Waals surface area contributed by atoms with Gasteiger partial charge in [-0.05, 0) is 59.1 Å². The molecule has 0 aliphatic carbocycles. The molecule has 2 heteroatoms. The summed E-state index contributed by atoms with van der Waals surface area (Å²) in [5.41, 5.74) is 19.7. The van der Waals surface area contributed by atoms with Crippen molar-refractivity contribution in [3.05, 3.63) is 65.2 Å². The quantitative estimate of drug-likeness (QED) is 0.585. The Hall–Kier alpha value is -2.22. The minimum Gasteiger partial charge on any atom is -0.398 e. The van der Waals surface area contributed by atoms with E-state index in [0.717, 1.165) is 22.5 Å². The Labute approximate surface area is 160 Å². The monoisotopic (exact) mass is 352 g/mol. The number of allylic oxidation sites excluding steroid dienone is 1. The van der Waals surface area contributed by atoms with Crippen LogP contribution in [0.4, 0.5) is 11.4 Å². The Balaban J connectivity index is 0.000000260. The number of hydrogen-bond donors (Lipinski definition) is 2. The molecule has 142 valence electrons. The van der Waals surface area contributed by atoms with Crippen molar-refractivity contribution in [2.24, 2.45) is 0 Å². The molecule has 2 nitrogen and oxygen atoms in total. The topological polar surface area (TPSA) is 52.0 Å². The van der Waals surface area contributed by atoms with Crippen LogP contribution in [-0.2, 0) is 0 Å². The van der Waals surface area contributed by atoms with Crippen molar-refractivity contribution in [3.63, 3.8) is 0 Å². The Kier molecular flexibility index (Phi) is 7.95. The molecular weight excluding hydrogens is 316 g/mol. The third-order valence-corrected chi connectivity index (χ3v) is 4.60. The maximum absolute atomic E-state index is 5.96. The molecule has 0 aliphatic rings. The van der Waals surface area contributed by atoms with Crippen molar-refractivity contribution >= 4 is 16.9 Å². The van der Waals surface area contributed by atoms with Crippen LogP contribution in [0.1, 0.15) is 88.5 Å². The van der Waals surface area contributed by atoms with Crippen LogP contribution in [0.5, 0.6) is 0 Å². The molecule has 0 amide bonds. The number of benzene rings is 2. The van der Waals surface area contributed by atoms with E-state index < -0.39 is 0 Å². The number of rotatable bonds is 4. The first kappa shape index (κ1) is 21.8. The molecule has 0 aromatic heterocycles. The molecule has 0 saturated carbocycles. The predicted molar refractivity (Wildman–Crippen MR) is 119 cm³/mol. The second-order valence-corrected chi connectivity index (χ2v) is 7.98. The highest BCUT2D eigenvalue weighted by Gasteiger charge is 2.06. The van der Waals surface area contributed by atoms with Gasteiger partial charge >= 0.3 is 0 Å². The summed E-state index contributed by atoms with van der Waals surface area (Å²) in [7, 11) is 0. The highest BCUT2D eigenvalue weighted by Crippen LogP contribution is 2.26. The minimum atomic E-state index is 0.485. The van der Waals surface area contributed by atoms with Crippen LogP contribution in [0, 0.1) is 0 Å². The van der Waals surface area contributed by atoms with Crippen LogP contribution in [0.2, 0.25) is 0 Å². The third-order valence-electron chi connectivity index (χ3n) is 4.60. The fraction of sp³-hybridized carbons (Fsp3) is 0.417. The van der Waals surface area contributed by atoms with Gasteiger partial charge in [0, 0.05) is 11.4 Å². The van der Waals surface area contributed by atoms with Crippen molar-refractivity contribution < 1.29 is 0 Å². The van der Waals surface area contributed by atoms with E-state index in [1.54, 1.807) is 0 Å². The molecule has 0 saturated heterocycles. The molecule has 2 rings (SSSR count). The number of hydrogen-bond acceptors (Lipinski definition) is 2. The molecule has 26 heavy (non-hydrogen) atoms. The molecule has 0 aliphatic heterocycles. The van der Waals surface area contributed by atoms with Crippen LogP contribution in [0.15, 0.2) is 43.0 Å². The van der Waals surface area contributed by atoms with E-state index in [1.165, 1.54) is 16.7 Å². The lowest BCUT2D eigenvalue weighted by atomic mass is 9.95. The molecule has 0 fully saturated rings. The zero-order valence-electron chi connectivity index (χ0n) is 17.6. The van der Waals surface area contributed by atoms with E-state index in [1.807, 2.05) is 13.0 Å². The van der Waals surface area contributed by atoms with Gasteiger partial charge in [-0.1, -0.05) is 78.0 Å². The van der Waals surface area contributed by atoms with Gasteiger partial charge in [-0.3, -0.25) is 0 Å². The van der Waals surface area contributed by atoms with Gasteiger partial charge in [0.1, 0.15) is 0 Å². The summed E-state index contributed by atoms with van der Waals surface area (Å²) >= 11 is 0. The molecule has 0 unspecified atom stereocenters. The summed E-state index contributed by atoms with van der Waals surface area (Å²) in [6.07, 6.45) is 0. The highest BCUT2D eigenvalue weighted by atomic mass is 14.6. The zero-order valence-corrected chi connectivity index (χ0v) is 17.6. The maximum atomic E-state index is 5.96.